The Labute approximate surface area is 102 Å². The van der Waals surface area contributed by atoms with Crippen LogP contribution >= 0.6 is 0 Å². The Hall–Kier alpha value is -1.10. The first kappa shape index (κ1) is 14.0. The molecule has 1 amide bonds. The molecule has 0 aromatic carbocycles. The van der Waals surface area contributed by atoms with Gasteiger partial charge in [0, 0.05) is 12.0 Å². The van der Waals surface area contributed by atoms with Gasteiger partial charge in [-0.2, -0.15) is 0 Å². The number of rotatable bonds is 4. The molecule has 0 radical (unpaired) electrons. The zero-order valence-corrected chi connectivity index (χ0v) is 10.7. The zero-order valence-electron chi connectivity index (χ0n) is 10.7. The van der Waals surface area contributed by atoms with E-state index in [0.717, 1.165) is 19.4 Å². The predicted octanol–water partition coefficient (Wildman–Crippen LogP) is 0.600. The van der Waals surface area contributed by atoms with E-state index in [9.17, 15) is 9.59 Å². The van der Waals surface area contributed by atoms with Crippen LogP contribution in [0.3, 0.4) is 0 Å². The molecular formula is C12H22N2O3. The SMILES string of the molecule is CC1CC(C(=O)N[C@@H](C(=O)O)C(C)C)CCN1. The molecule has 5 heteroatoms. The summed E-state index contributed by atoms with van der Waals surface area (Å²) in [7, 11) is 0. The van der Waals surface area contributed by atoms with Crippen LogP contribution in [0.5, 0.6) is 0 Å². The third-order valence-corrected chi connectivity index (χ3v) is 3.22. The van der Waals surface area contributed by atoms with E-state index in [-0.39, 0.29) is 17.7 Å². The van der Waals surface area contributed by atoms with Crippen LogP contribution in [-0.4, -0.2) is 35.6 Å². The van der Waals surface area contributed by atoms with Crippen LogP contribution in [0.25, 0.3) is 0 Å². The van der Waals surface area contributed by atoms with Gasteiger partial charge in [0.05, 0.1) is 0 Å². The fourth-order valence-corrected chi connectivity index (χ4v) is 2.15. The molecule has 0 spiro atoms. The molecule has 0 bridgehead atoms. The average Bonchev–Trinajstić information content (AvgIpc) is 2.24. The summed E-state index contributed by atoms with van der Waals surface area (Å²) < 4.78 is 0. The Morgan fingerprint density at radius 1 is 1.41 bits per heavy atom. The lowest BCUT2D eigenvalue weighted by atomic mass is 9.91. The van der Waals surface area contributed by atoms with Crippen molar-refractivity contribution in [1.82, 2.24) is 10.6 Å². The van der Waals surface area contributed by atoms with Crippen LogP contribution in [0.15, 0.2) is 0 Å². The first-order valence-electron chi connectivity index (χ1n) is 6.18. The minimum atomic E-state index is -0.963. The van der Waals surface area contributed by atoms with Crippen molar-refractivity contribution in [3.63, 3.8) is 0 Å². The lowest BCUT2D eigenvalue weighted by molar-refractivity contribution is -0.144. The highest BCUT2D eigenvalue weighted by Gasteiger charge is 2.29. The quantitative estimate of drug-likeness (QED) is 0.674. The minimum Gasteiger partial charge on any atom is -0.480 e. The first-order valence-corrected chi connectivity index (χ1v) is 6.18. The van der Waals surface area contributed by atoms with Crippen molar-refractivity contribution in [2.75, 3.05) is 6.54 Å². The standard InChI is InChI=1S/C12H22N2O3/c1-7(2)10(12(16)17)14-11(15)9-4-5-13-8(3)6-9/h7-10,13H,4-6H2,1-3H3,(H,14,15)(H,16,17)/t8?,9?,10-/m1/s1. The van der Waals surface area contributed by atoms with Crippen molar-refractivity contribution in [2.24, 2.45) is 11.8 Å². The minimum absolute atomic E-state index is 0.0631. The van der Waals surface area contributed by atoms with E-state index in [0.29, 0.717) is 6.04 Å². The van der Waals surface area contributed by atoms with Crippen molar-refractivity contribution in [3.8, 4) is 0 Å². The van der Waals surface area contributed by atoms with E-state index >= 15 is 0 Å². The summed E-state index contributed by atoms with van der Waals surface area (Å²) in [5.41, 5.74) is 0. The molecule has 0 saturated carbocycles. The van der Waals surface area contributed by atoms with Crippen molar-refractivity contribution in [2.45, 2.75) is 45.7 Å². The molecule has 98 valence electrons. The number of piperidine rings is 1. The van der Waals surface area contributed by atoms with Crippen molar-refractivity contribution in [1.29, 1.82) is 0 Å². The van der Waals surface area contributed by atoms with Gasteiger partial charge in [-0.25, -0.2) is 4.79 Å². The van der Waals surface area contributed by atoms with Crippen LogP contribution < -0.4 is 10.6 Å². The van der Waals surface area contributed by atoms with Gasteiger partial charge < -0.3 is 15.7 Å². The van der Waals surface area contributed by atoms with Gasteiger partial charge in [-0.3, -0.25) is 4.79 Å². The number of aliphatic carboxylic acids is 1. The van der Waals surface area contributed by atoms with Gasteiger partial charge in [0.25, 0.3) is 0 Å². The summed E-state index contributed by atoms with van der Waals surface area (Å²) in [5, 5.41) is 14.9. The third kappa shape index (κ3) is 4.00. The molecule has 0 aliphatic carbocycles. The van der Waals surface area contributed by atoms with E-state index < -0.39 is 12.0 Å². The number of carbonyl (C=O) groups excluding carboxylic acids is 1. The van der Waals surface area contributed by atoms with E-state index in [4.69, 9.17) is 5.11 Å². The monoisotopic (exact) mass is 242 g/mol. The number of carbonyl (C=O) groups is 2. The summed E-state index contributed by atoms with van der Waals surface area (Å²) in [6.07, 6.45) is 1.55. The molecule has 1 heterocycles. The zero-order chi connectivity index (χ0) is 13.0. The number of nitrogens with one attached hydrogen (secondary N) is 2. The van der Waals surface area contributed by atoms with Crippen molar-refractivity contribution >= 4 is 11.9 Å². The van der Waals surface area contributed by atoms with Gasteiger partial charge in [0.2, 0.25) is 5.91 Å². The molecule has 0 aromatic heterocycles. The molecule has 1 aliphatic rings. The average molecular weight is 242 g/mol. The largest absolute Gasteiger partial charge is 0.480 e. The second-order valence-corrected chi connectivity index (χ2v) is 5.14. The maximum atomic E-state index is 12.0. The van der Waals surface area contributed by atoms with Gasteiger partial charge in [0.15, 0.2) is 0 Å². The molecule has 1 rings (SSSR count). The van der Waals surface area contributed by atoms with Crippen LogP contribution in [-0.2, 0) is 9.59 Å². The Morgan fingerprint density at radius 2 is 2.06 bits per heavy atom. The number of carboxylic acid groups (broad SMARTS) is 1. The van der Waals surface area contributed by atoms with Crippen LogP contribution in [0, 0.1) is 11.8 Å². The lowest BCUT2D eigenvalue weighted by Gasteiger charge is -2.28. The molecule has 1 fully saturated rings. The number of hydrogen-bond acceptors (Lipinski definition) is 3. The van der Waals surface area contributed by atoms with E-state index in [1.54, 1.807) is 13.8 Å². The Kier molecular flexibility index (Phi) is 4.93. The fourth-order valence-electron chi connectivity index (χ4n) is 2.15. The number of hydrogen-bond donors (Lipinski definition) is 3. The Balaban J connectivity index is 2.54. The lowest BCUT2D eigenvalue weighted by Crippen LogP contribution is -2.49. The molecule has 3 N–H and O–H groups in total. The highest BCUT2D eigenvalue weighted by Crippen LogP contribution is 2.16. The molecule has 0 aromatic rings. The maximum Gasteiger partial charge on any atom is 0.326 e. The van der Waals surface area contributed by atoms with Crippen molar-refractivity contribution in [3.05, 3.63) is 0 Å². The van der Waals surface area contributed by atoms with Crippen LogP contribution in [0.1, 0.15) is 33.6 Å². The first-order chi connectivity index (χ1) is 7.91. The van der Waals surface area contributed by atoms with Crippen LogP contribution in [0.2, 0.25) is 0 Å². The normalized spacial score (nSPS) is 26.6. The van der Waals surface area contributed by atoms with Gasteiger partial charge in [-0.15, -0.1) is 0 Å². The molecular weight excluding hydrogens is 220 g/mol. The van der Waals surface area contributed by atoms with Crippen molar-refractivity contribution < 1.29 is 14.7 Å². The second kappa shape index (κ2) is 6.00. The topological polar surface area (TPSA) is 78.4 Å². The Bertz CT molecular complexity index is 291. The molecule has 1 aliphatic heterocycles. The fraction of sp³-hybridized carbons (Fsp3) is 0.833. The number of amides is 1. The summed E-state index contributed by atoms with van der Waals surface area (Å²) >= 11 is 0. The molecule has 5 nitrogen and oxygen atoms in total. The predicted molar refractivity (Wildman–Crippen MR) is 64.6 cm³/mol. The van der Waals surface area contributed by atoms with E-state index in [1.165, 1.54) is 0 Å². The van der Waals surface area contributed by atoms with Gasteiger partial charge in [-0.1, -0.05) is 13.8 Å². The highest BCUT2D eigenvalue weighted by molar-refractivity contribution is 5.85. The second-order valence-electron chi connectivity index (χ2n) is 5.14. The smallest absolute Gasteiger partial charge is 0.326 e. The third-order valence-electron chi connectivity index (χ3n) is 3.22. The molecule has 3 atom stereocenters. The van der Waals surface area contributed by atoms with E-state index in [1.807, 2.05) is 6.92 Å². The summed E-state index contributed by atoms with van der Waals surface area (Å²) in [4.78, 5) is 23.0. The summed E-state index contributed by atoms with van der Waals surface area (Å²) in [5.74, 6) is -1.25. The Morgan fingerprint density at radius 3 is 2.53 bits per heavy atom. The summed E-state index contributed by atoms with van der Waals surface area (Å²) in [6.45, 7) is 6.45. The highest BCUT2D eigenvalue weighted by atomic mass is 16.4. The van der Waals surface area contributed by atoms with Crippen LogP contribution in [0.4, 0.5) is 0 Å². The van der Waals surface area contributed by atoms with E-state index in [2.05, 4.69) is 10.6 Å². The van der Waals surface area contributed by atoms with Gasteiger partial charge in [0.1, 0.15) is 6.04 Å². The molecule has 2 unspecified atom stereocenters. The van der Waals surface area contributed by atoms with Gasteiger partial charge in [-0.05, 0) is 32.2 Å². The molecule has 1 saturated heterocycles. The van der Waals surface area contributed by atoms with Gasteiger partial charge >= 0.3 is 5.97 Å². The molecule has 17 heavy (non-hydrogen) atoms. The maximum absolute atomic E-state index is 12.0. The number of carboxylic acids is 1. The summed E-state index contributed by atoms with van der Waals surface area (Å²) in [6, 6.07) is -0.463.